The average molecular weight is 357 g/mol. The SMILES string of the molecule is CC(C)C(NC(=O)CCc1ccc(C(=O)O)cc1)c1nc(C2CC2)no1. The van der Waals surface area contributed by atoms with Crippen molar-refractivity contribution in [2.75, 3.05) is 0 Å². The molecule has 0 bridgehead atoms. The zero-order valence-electron chi connectivity index (χ0n) is 14.9. The number of amides is 1. The van der Waals surface area contributed by atoms with Crippen LogP contribution in [0.5, 0.6) is 0 Å². The van der Waals surface area contributed by atoms with Gasteiger partial charge in [0.2, 0.25) is 11.8 Å². The summed E-state index contributed by atoms with van der Waals surface area (Å²) in [7, 11) is 0. The molecule has 0 spiro atoms. The van der Waals surface area contributed by atoms with Gasteiger partial charge in [-0.05, 0) is 42.9 Å². The Kier molecular flexibility index (Phi) is 5.35. The van der Waals surface area contributed by atoms with Gasteiger partial charge in [-0.3, -0.25) is 4.79 Å². The van der Waals surface area contributed by atoms with Gasteiger partial charge in [-0.25, -0.2) is 4.79 Å². The minimum atomic E-state index is -0.959. The van der Waals surface area contributed by atoms with E-state index in [0.29, 0.717) is 24.7 Å². The summed E-state index contributed by atoms with van der Waals surface area (Å²) in [5, 5.41) is 15.9. The Labute approximate surface area is 151 Å². The van der Waals surface area contributed by atoms with Gasteiger partial charge in [0.25, 0.3) is 0 Å². The number of aryl methyl sites for hydroxylation is 1. The van der Waals surface area contributed by atoms with Crippen LogP contribution < -0.4 is 5.32 Å². The Balaban J connectivity index is 1.56. The first-order valence-corrected chi connectivity index (χ1v) is 8.89. The van der Waals surface area contributed by atoms with E-state index in [9.17, 15) is 9.59 Å². The summed E-state index contributed by atoms with van der Waals surface area (Å²) in [5.74, 6) is 0.668. The predicted molar refractivity (Wildman–Crippen MR) is 93.7 cm³/mol. The van der Waals surface area contributed by atoms with Gasteiger partial charge in [0.1, 0.15) is 6.04 Å². The lowest BCUT2D eigenvalue weighted by atomic mass is 10.0. The van der Waals surface area contributed by atoms with Crippen molar-refractivity contribution in [3.05, 3.63) is 47.1 Å². The summed E-state index contributed by atoms with van der Waals surface area (Å²) < 4.78 is 5.36. The third-order valence-corrected chi connectivity index (χ3v) is 4.49. The maximum Gasteiger partial charge on any atom is 0.335 e. The monoisotopic (exact) mass is 357 g/mol. The molecule has 138 valence electrons. The minimum Gasteiger partial charge on any atom is -0.478 e. The van der Waals surface area contributed by atoms with Gasteiger partial charge in [-0.15, -0.1) is 0 Å². The number of carbonyl (C=O) groups is 2. The molecule has 7 heteroatoms. The van der Waals surface area contributed by atoms with E-state index in [4.69, 9.17) is 9.63 Å². The van der Waals surface area contributed by atoms with E-state index in [1.165, 1.54) is 0 Å². The second kappa shape index (κ2) is 7.68. The van der Waals surface area contributed by atoms with Crippen LogP contribution in [-0.2, 0) is 11.2 Å². The van der Waals surface area contributed by atoms with Crippen LogP contribution in [0.4, 0.5) is 0 Å². The lowest BCUT2D eigenvalue weighted by Gasteiger charge is -2.18. The quantitative estimate of drug-likeness (QED) is 0.752. The van der Waals surface area contributed by atoms with Crippen molar-refractivity contribution < 1.29 is 19.2 Å². The first kappa shape index (κ1) is 18.1. The van der Waals surface area contributed by atoms with Gasteiger partial charge in [0, 0.05) is 12.3 Å². The second-order valence-electron chi connectivity index (χ2n) is 7.06. The van der Waals surface area contributed by atoms with Gasteiger partial charge in [-0.1, -0.05) is 31.1 Å². The Hall–Kier alpha value is -2.70. The molecular formula is C19H23N3O4. The van der Waals surface area contributed by atoms with Crippen molar-refractivity contribution in [1.29, 1.82) is 0 Å². The molecule has 1 aliphatic carbocycles. The number of aromatic carboxylic acids is 1. The molecule has 1 heterocycles. The second-order valence-corrected chi connectivity index (χ2v) is 7.06. The highest BCUT2D eigenvalue weighted by Gasteiger charge is 2.31. The van der Waals surface area contributed by atoms with E-state index in [2.05, 4.69) is 15.5 Å². The lowest BCUT2D eigenvalue weighted by molar-refractivity contribution is -0.122. The van der Waals surface area contributed by atoms with Crippen LogP contribution >= 0.6 is 0 Å². The first-order chi connectivity index (χ1) is 12.4. The molecule has 3 rings (SSSR count). The zero-order valence-corrected chi connectivity index (χ0v) is 14.9. The van der Waals surface area contributed by atoms with E-state index in [1.807, 2.05) is 13.8 Å². The van der Waals surface area contributed by atoms with Crippen molar-refractivity contribution in [2.45, 2.75) is 51.5 Å². The molecule has 7 nitrogen and oxygen atoms in total. The molecule has 0 radical (unpaired) electrons. The van der Waals surface area contributed by atoms with Crippen molar-refractivity contribution in [1.82, 2.24) is 15.5 Å². The first-order valence-electron chi connectivity index (χ1n) is 8.89. The van der Waals surface area contributed by atoms with Crippen LogP contribution in [-0.4, -0.2) is 27.1 Å². The Bertz CT molecular complexity index is 778. The number of carboxylic acid groups (broad SMARTS) is 1. The average Bonchev–Trinajstić information content (AvgIpc) is 3.35. The van der Waals surface area contributed by atoms with Crippen molar-refractivity contribution >= 4 is 11.9 Å². The summed E-state index contributed by atoms with van der Waals surface area (Å²) >= 11 is 0. The maximum atomic E-state index is 12.3. The summed E-state index contributed by atoms with van der Waals surface area (Å²) in [6.07, 6.45) is 3.03. The largest absolute Gasteiger partial charge is 0.478 e. The maximum absolute atomic E-state index is 12.3. The summed E-state index contributed by atoms with van der Waals surface area (Å²) in [5.41, 5.74) is 1.15. The van der Waals surface area contributed by atoms with Gasteiger partial charge in [-0.2, -0.15) is 4.98 Å². The zero-order chi connectivity index (χ0) is 18.7. The van der Waals surface area contributed by atoms with Crippen LogP contribution in [0.3, 0.4) is 0 Å². The van der Waals surface area contributed by atoms with E-state index < -0.39 is 5.97 Å². The van der Waals surface area contributed by atoms with Gasteiger partial charge in [0.05, 0.1) is 5.56 Å². The topological polar surface area (TPSA) is 105 Å². The normalized spacial score (nSPS) is 15.0. The van der Waals surface area contributed by atoms with E-state index in [0.717, 1.165) is 24.2 Å². The number of carboxylic acids is 1. The van der Waals surface area contributed by atoms with Crippen molar-refractivity contribution in [3.8, 4) is 0 Å². The minimum absolute atomic E-state index is 0.0998. The fourth-order valence-electron chi connectivity index (χ4n) is 2.71. The van der Waals surface area contributed by atoms with Crippen molar-refractivity contribution in [3.63, 3.8) is 0 Å². The number of nitrogens with zero attached hydrogens (tertiary/aromatic N) is 2. The van der Waals surface area contributed by atoms with Crippen LogP contribution in [0.2, 0.25) is 0 Å². The van der Waals surface area contributed by atoms with Crippen LogP contribution in [0.15, 0.2) is 28.8 Å². The Morgan fingerprint density at radius 2 is 1.96 bits per heavy atom. The molecule has 1 atom stereocenters. The summed E-state index contributed by atoms with van der Waals surface area (Å²) in [6.45, 7) is 3.99. The number of benzene rings is 1. The van der Waals surface area contributed by atoms with Crippen LogP contribution in [0.25, 0.3) is 0 Å². The van der Waals surface area contributed by atoms with E-state index in [-0.39, 0.29) is 23.4 Å². The highest BCUT2D eigenvalue weighted by molar-refractivity contribution is 5.87. The number of hydrogen-bond acceptors (Lipinski definition) is 5. The summed E-state index contributed by atoms with van der Waals surface area (Å²) in [4.78, 5) is 27.6. The number of carbonyl (C=O) groups excluding carboxylic acids is 1. The third kappa shape index (κ3) is 4.47. The third-order valence-electron chi connectivity index (χ3n) is 4.49. The molecule has 1 aromatic heterocycles. The fraction of sp³-hybridized carbons (Fsp3) is 0.474. The smallest absolute Gasteiger partial charge is 0.335 e. The van der Waals surface area contributed by atoms with Gasteiger partial charge >= 0.3 is 5.97 Å². The molecule has 2 N–H and O–H groups in total. The molecular weight excluding hydrogens is 334 g/mol. The molecule has 1 aromatic carbocycles. The van der Waals surface area contributed by atoms with Crippen LogP contribution in [0, 0.1) is 5.92 Å². The molecule has 2 aromatic rings. The molecule has 1 saturated carbocycles. The number of rotatable bonds is 8. The lowest BCUT2D eigenvalue weighted by Crippen LogP contribution is -2.32. The highest BCUT2D eigenvalue weighted by atomic mass is 16.5. The highest BCUT2D eigenvalue weighted by Crippen LogP contribution is 2.38. The molecule has 1 fully saturated rings. The van der Waals surface area contributed by atoms with E-state index >= 15 is 0 Å². The Morgan fingerprint density at radius 1 is 1.27 bits per heavy atom. The van der Waals surface area contributed by atoms with Gasteiger partial charge in [0.15, 0.2) is 5.82 Å². The van der Waals surface area contributed by atoms with E-state index in [1.54, 1.807) is 24.3 Å². The molecule has 0 saturated heterocycles. The predicted octanol–water partition coefficient (Wildman–Crippen LogP) is 3.09. The standard InChI is InChI=1S/C19H23N3O4/c1-11(2)16(18-21-17(22-26-18)13-8-9-13)20-15(23)10-5-12-3-6-14(7-4-12)19(24)25/h3-4,6-7,11,13,16H,5,8-10H2,1-2H3,(H,20,23)(H,24,25). The summed E-state index contributed by atoms with van der Waals surface area (Å²) in [6, 6.07) is 6.25. The fourth-order valence-corrected chi connectivity index (χ4v) is 2.71. The number of aromatic nitrogens is 2. The van der Waals surface area contributed by atoms with Crippen LogP contribution in [0.1, 0.15) is 72.7 Å². The Morgan fingerprint density at radius 3 is 2.54 bits per heavy atom. The number of hydrogen-bond donors (Lipinski definition) is 2. The van der Waals surface area contributed by atoms with Crippen molar-refractivity contribution in [2.24, 2.45) is 5.92 Å². The molecule has 1 amide bonds. The molecule has 0 aliphatic heterocycles. The molecule has 1 unspecified atom stereocenters. The number of nitrogens with one attached hydrogen (secondary N) is 1. The molecule has 26 heavy (non-hydrogen) atoms. The van der Waals surface area contributed by atoms with Gasteiger partial charge < -0.3 is 14.9 Å². The molecule has 1 aliphatic rings.